The van der Waals surface area contributed by atoms with Gasteiger partial charge in [-0.3, -0.25) is 59.3 Å². The van der Waals surface area contributed by atoms with Crippen LogP contribution in [0.15, 0.2) is 110 Å². The van der Waals surface area contributed by atoms with E-state index in [1.54, 1.807) is 0 Å². The van der Waals surface area contributed by atoms with Gasteiger partial charge in [-0.2, -0.15) is 0 Å². The number of rotatable bonds is 20. The first-order valence-corrected chi connectivity index (χ1v) is 46.4. The summed E-state index contributed by atoms with van der Waals surface area (Å²) in [5, 5.41) is 9.87. The fourth-order valence-corrected chi connectivity index (χ4v) is 18.0. The molecule has 17 rings (SSSR count). The average Bonchev–Trinajstić information content (AvgIpc) is 0.810. The molecule has 121 heavy (non-hydrogen) atoms. The Morgan fingerprint density at radius 3 is 1.00 bits per heavy atom. The highest BCUT2D eigenvalue weighted by atomic mass is 16.5. The summed E-state index contributed by atoms with van der Waals surface area (Å²) >= 11 is 0. The molecule has 0 radical (unpaired) electrons. The Bertz CT molecular complexity index is 3910. The molecule has 11 fully saturated rings. The van der Waals surface area contributed by atoms with Crippen molar-refractivity contribution >= 4 is 34.1 Å². The van der Waals surface area contributed by atoms with Crippen LogP contribution in [0.2, 0.25) is 0 Å². The summed E-state index contributed by atoms with van der Waals surface area (Å²) in [4.78, 5) is 57.5. The smallest absolute Gasteiger partial charge is 0.0718 e. The van der Waals surface area contributed by atoms with E-state index in [0.29, 0.717) is 83.8 Å². The van der Waals surface area contributed by atoms with Crippen molar-refractivity contribution in [3.8, 4) is 0 Å². The van der Waals surface area contributed by atoms with Crippen LogP contribution < -0.4 is 29.4 Å². The van der Waals surface area contributed by atoms with Gasteiger partial charge in [0, 0.05) is 196 Å². The quantitative estimate of drug-likeness (QED) is 0.0761. The monoisotopic (exact) mass is 1670 g/mol. The van der Waals surface area contributed by atoms with E-state index in [1.165, 1.54) is 69.0 Å². The van der Waals surface area contributed by atoms with Gasteiger partial charge in [0.2, 0.25) is 0 Å². The van der Waals surface area contributed by atoms with Crippen LogP contribution in [0.3, 0.4) is 0 Å². The van der Waals surface area contributed by atoms with E-state index < -0.39 is 5.60 Å². The molecule has 0 spiro atoms. The predicted octanol–water partition coefficient (Wildman–Crippen LogP) is 13.1. The lowest BCUT2D eigenvalue weighted by molar-refractivity contribution is -0.131. The van der Waals surface area contributed by atoms with Gasteiger partial charge in [-0.1, -0.05) is 90.0 Å². The van der Waals surface area contributed by atoms with Gasteiger partial charge in [0.25, 0.3) is 0 Å². The first-order valence-electron chi connectivity index (χ1n) is 46.4. The van der Waals surface area contributed by atoms with Crippen molar-refractivity contribution in [2.75, 3.05) is 233 Å². The standard InChI is InChI=1S/2C17H27N3O.2C16H25N3O.C16H27N3O.C15H23N3O/c1-12(2)17-6-5-15(7-18-17)19-8-14(4)20(9-13(19)3)16-10-21-11-16;1-4-14-10-19(16-11-21-12-16)7-8-20(14)15-5-6-17(13(2)3)18-9-15;1-13(2)15-5-4-14(10-17-15)18-6-8-19(9-7-18)16(3)11-20-12-16;1-12(2)16-5-4-14(8-17-16)19-7-6-18(9-13(19)3)15-10-20-11-15;1-13(2)15-6-5-14(11-17-15)19-9-7-18(8-10-19)12-16(3,4)20;1-12(2)15-4-3-13(9-16-15)17-5-7-18(8-6-17)14-10-19-11-14/h5-7,12-14,16H,8-11H2,1-4H3;5-6,9,13-14,16H,4,7-8,10-12H2,1-3H3;4-5,10,13H,6-9,11-12H2,1-3H3;4-5,8,12-13,15H,6-7,9-11H2,1-3H3;5-6,11,13,20H,7-10,12H2,1-4H3;3-4,9,12,14H,5-8,10-11H2,1-2H3. The molecule has 11 aliphatic rings. The molecule has 6 aromatic rings. The summed E-state index contributed by atoms with van der Waals surface area (Å²) < 4.78 is 26.6. The van der Waals surface area contributed by atoms with Crippen molar-refractivity contribution < 1.29 is 28.8 Å². The van der Waals surface area contributed by atoms with Crippen LogP contribution >= 0.6 is 0 Å². The molecule has 24 heteroatoms. The molecule has 0 aliphatic carbocycles. The molecule has 0 bridgehead atoms. The number of aromatic nitrogens is 6. The zero-order chi connectivity index (χ0) is 86.1. The topological polar surface area (TPSA) is 183 Å². The third kappa shape index (κ3) is 25.5. The average molecular weight is 1670 g/mol. The number of nitrogens with zero attached hydrogens (tertiary/aromatic N) is 18. The number of piperazine rings is 6. The van der Waals surface area contributed by atoms with E-state index >= 15 is 0 Å². The maximum atomic E-state index is 9.87. The highest BCUT2D eigenvalue weighted by Gasteiger charge is 2.42. The second-order valence-corrected chi connectivity index (χ2v) is 38.7. The number of pyridine rings is 6. The van der Waals surface area contributed by atoms with Gasteiger partial charge in [-0.15, -0.1) is 0 Å². The van der Waals surface area contributed by atoms with Crippen molar-refractivity contribution in [1.29, 1.82) is 0 Å². The Kier molecular flexibility index (Phi) is 33.9. The largest absolute Gasteiger partial charge is 0.389 e. The molecule has 24 nitrogen and oxygen atoms in total. The fraction of sp³-hybridized carbons (Fsp3) is 0.691. The van der Waals surface area contributed by atoms with E-state index in [-0.39, 0.29) is 5.54 Å². The molecular weight excluding hydrogens is 1510 g/mol. The fourth-order valence-electron chi connectivity index (χ4n) is 18.0. The summed E-state index contributed by atoms with van der Waals surface area (Å²) in [7, 11) is 0. The minimum Gasteiger partial charge on any atom is -0.389 e. The minimum absolute atomic E-state index is 0.284. The SMILES string of the molecule is CC(C)c1ccc(N2CC(C)N(C3COC3)CC2C)cn1.CC(C)c1ccc(N2CCN(C3(C)COC3)CC2)cn1.CC(C)c1ccc(N2CCN(C3COC3)CC2)cn1.CC(C)c1ccc(N2CCN(C3COC3)CC2C)cn1.CC(C)c1ccc(N2CCN(CC(C)(C)O)CC2)cn1.CCC1CN(C2COC2)CCN1c1ccc(C(C)C)nc1. The van der Waals surface area contributed by atoms with Crippen molar-refractivity contribution in [1.82, 2.24) is 59.3 Å². The summed E-state index contributed by atoms with van der Waals surface area (Å²) in [6.07, 6.45) is 13.3. The molecule has 4 atom stereocenters. The minimum atomic E-state index is -0.608. The zero-order valence-corrected chi connectivity index (χ0v) is 77.6. The number of ether oxygens (including phenoxy) is 5. The van der Waals surface area contributed by atoms with Crippen LogP contribution in [0.1, 0.15) is 208 Å². The van der Waals surface area contributed by atoms with E-state index in [4.69, 9.17) is 23.7 Å². The second-order valence-electron chi connectivity index (χ2n) is 38.7. The third-order valence-electron chi connectivity index (χ3n) is 26.6. The van der Waals surface area contributed by atoms with Crippen LogP contribution in [0.4, 0.5) is 34.1 Å². The molecule has 6 aromatic heterocycles. The van der Waals surface area contributed by atoms with Gasteiger partial charge in [0.15, 0.2) is 0 Å². The Morgan fingerprint density at radius 2 is 0.678 bits per heavy atom. The maximum absolute atomic E-state index is 9.87. The molecule has 17 heterocycles. The normalized spacial score (nSPS) is 23.4. The van der Waals surface area contributed by atoms with E-state index in [2.05, 4.69) is 285 Å². The van der Waals surface area contributed by atoms with Crippen LogP contribution in [-0.2, 0) is 23.7 Å². The lowest BCUT2D eigenvalue weighted by atomic mass is 9.97. The van der Waals surface area contributed by atoms with Crippen LogP contribution in [0.5, 0.6) is 0 Å². The highest BCUT2D eigenvalue weighted by molar-refractivity contribution is 5.51. The highest BCUT2D eigenvalue weighted by Crippen LogP contribution is 2.33. The molecule has 4 unspecified atom stereocenters. The van der Waals surface area contributed by atoms with Gasteiger partial charge in [-0.25, -0.2) is 0 Å². The number of hydrogen-bond acceptors (Lipinski definition) is 24. The molecule has 11 saturated heterocycles. The second kappa shape index (κ2) is 43.9. The van der Waals surface area contributed by atoms with Crippen molar-refractivity contribution in [2.24, 2.45) is 0 Å². The molecule has 0 amide bonds. The van der Waals surface area contributed by atoms with E-state index in [9.17, 15) is 5.11 Å². The summed E-state index contributed by atoms with van der Waals surface area (Å²) in [6, 6.07) is 31.1. The number of aliphatic hydroxyl groups is 1. The summed E-state index contributed by atoms with van der Waals surface area (Å²) in [5.74, 6) is 2.97. The molecule has 1 N–H and O–H groups in total. The van der Waals surface area contributed by atoms with Gasteiger partial charge < -0.3 is 58.2 Å². The zero-order valence-electron chi connectivity index (χ0n) is 77.6. The van der Waals surface area contributed by atoms with Crippen molar-refractivity contribution in [2.45, 2.75) is 233 Å². The Balaban J connectivity index is 0.000000133. The van der Waals surface area contributed by atoms with Crippen LogP contribution in [0.25, 0.3) is 0 Å². The summed E-state index contributed by atoms with van der Waals surface area (Å²) in [5.41, 5.74) is 14.2. The Hall–Kier alpha value is -6.78. The number of hydrogen-bond donors (Lipinski definition) is 1. The third-order valence-corrected chi connectivity index (χ3v) is 26.6. The molecular formula is C97H154N18O6. The molecule has 0 aromatic carbocycles. The van der Waals surface area contributed by atoms with Gasteiger partial charge in [0.05, 0.1) is 173 Å². The van der Waals surface area contributed by atoms with Crippen LogP contribution in [-0.4, -0.2) is 327 Å². The van der Waals surface area contributed by atoms with E-state index in [0.717, 1.165) is 209 Å². The Morgan fingerprint density at radius 1 is 0.355 bits per heavy atom. The lowest BCUT2D eigenvalue weighted by Crippen LogP contribution is -2.64. The van der Waals surface area contributed by atoms with Gasteiger partial charge >= 0.3 is 0 Å². The maximum Gasteiger partial charge on any atom is 0.0718 e. The van der Waals surface area contributed by atoms with Crippen molar-refractivity contribution in [3.63, 3.8) is 0 Å². The molecule has 11 aliphatic heterocycles. The predicted molar refractivity (Wildman–Crippen MR) is 494 cm³/mol. The van der Waals surface area contributed by atoms with Gasteiger partial charge in [0.1, 0.15) is 0 Å². The summed E-state index contributed by atoms with van der Waals surface area (Å²) in [6.45, 7) is 73.1. The molecule has 0 saturated carbocycles. The number of anilines is 6. The van der Waals surface area contributed by atoms with Crippen molar-refractivity contribution in [3.05, 3.63) is 144 Å². The lowest BCUT2D eigenvalue weighted by Gasteiger charge is -2.50. The van der Waals surface area contributed by atoms with E-state index in [1.807, 2.05) is 44.8 Å². The first-order chi connectivity index (χ1) is 58.1. The van der Waals surface area contributed by atoms with Gasteiger partial charge in [-0.05, 0) is 156 Å². The first kappa shape index (κ1) is 93.4. The Labute approximate surface area is 728 Å². The number of β-amino-alcohol motifs (C(OH)–C–C–N with tert-alkyl or cyclic N) is 1. The molecule has 668 valence electrons. The van der Waals surface area contributed by atoms with Crippen LogP contribution in [0, 0.1) is 0 Å².